The van der Waals surface area contributed by atoms with Gasteiger partial charge in [0.2, 0.25) is 0 Å². The van der Waals surface area contributed by atoms with Crippen LogP contribution in [-0.4, -0.2) is 5.11 Å². The van der Waals surface area contributed by atoms with E-state index in [9.17, 15) is 5.11 Å². The van der Waals surface area contributed by atoms with Crippen LogP contribution in [0.25, 0.3) is 0 Å². The number of hydrogen-bond acceptors (Lipinski definition) is 4. The zero-order valence-electron chi connectivity index (χ0n) is 9.61. The smallest absolute Gasteiger partial charge is 0.134 e. The Morgan fingerprint density at radius 1 is 1.16 bits per heavy atom. The van der Waals surface area contributed by atoms with E-state index in [4.69, 9.17) is 11.6 Å². The Morgan fingerprint density at radius 2 is 1.89 bits per heavy atom. The van der Waals surface area contributed by atoms with Crippen molar-refractivity contribution in [3.63, 3.8) is 0 Å². The average molecular weight is 425 g/mol. The molecule has 0 saturated carbocycles. The summed E-state index contributed by atoms with van der Waals surface area (Å²) in [6, 6.07) is 7.37. The average Bonchev–Trinajstić information content (AvgIpc) is 2.76. The Hall–Kier alpha value is -0.430. The summed E-state index contributed by atoms with van der Waals surface area (Å²) in [6.45, 7) is 0.844. The molecule has 0 aliphatic heterocycles. The first kappa shape index (κ1) is 15.0. The number of hydrogen-bond donors (Lipinski definition) is 1. The van der Waals surface area contributed by atoms with E-state index < -0.39 is 0 Å². The van der Waals surface area contributed by atoms with Crippen LogP contribution in [0.1, 0.15) is 10.4 Å². The van der Waals surface area contributed by atoms with Crippen LogP contribution in [0.4, 0.5) is 0 Å². The number of phenols is 1. The second-order valence-electron chi connectivity index (χ2n) is 3.70. The Labute approximate surface area is 136 Å². The van der Waals surface area contributed by atoms with Gasteiger partial charge in [0.15, 0.2) is 0 Å². The fourth-order valence-corrected chi connectivity index (χ4v) is 3.74. The van der Waals surface area contributed by atoms with Crippen molar-refractivity contribution >= 4 is 54.8 Å². The number of benzene rings is 1. The van der Waals surface area contributed by atoms with Crippen molar-refractivity contribution in [3.8, 4) is 5.75 Å². The van der Waals surface area contributed by atoms with Gasteiger partial charge in [0.25, 0.3) is 0 Å². The number of phenolic OH excluding ortho intramolecular Hbond substituents is 1. The fourth-order valence-electron chi connectivity index (χ4n) is 1.42. The van der Waals surface area contributed by atoms with Crippen LogP contribution in [0, 0.1) is 0 Å². The van der Waals surface area contributed by atoms with Gasteiger partial charge in [-0.05, 0) is 40.2 Å². The Kier molecular flexibility index (Phi) is 5.38. The summed E-state index contributed by atoms with van der Waals surface area (Å²) >= 11 is 14.0. The molecule has 1 N–H and O–H groups in total. The first-order chi connectivity index (χ1) is 9.06. The minimum Gasteiger partial charge on any atom is -0.506 e. The largest absolute Gasteiger partial charge is 0.506 e. The maximum absolute atomic E-state index is 9.86. The molecule has 0 bridgehead atoms. The standard InChI is InChI=1S/C12H9Br2ClN2OS/c13-8-3-7(12(18)10(14)4-8)5-16-17-6-9-1-2-11(15)19-9/h1-4,18H,5-6H2. The van der Waals surface area contributed by atoms with E-state index in [1.54, 1.807) is 6.07 Å². The third kappa shape index (κ3) is 4.27. The minimum absolute atomic E-state index is 0.196. The summed E-state index contributed by atoms with van der Waals surface area (Å²) in [5.74, 6) is 0.196. The van der Waals surface area contributed by atoms with Crippen molar-refractivity contribution in [2.24, 2.45) is 10.2 Å². The molecule has 3 nitrogen and oxygen atoms in total. The quantitative estimate of drug-likeness (QED) is 0.621. The summed E-state index contributed by atoms with van der Waals surface area (Å²) in [7, 11) is 0. The van der Waals surface area contributed by atoms with Crippen molar-refractivity contribution in [2.45, 2.75) is 13.1 Å². The highest BCUT2D eigenvalue weighted by molar-refractivity contribution is 9.11. The van der Waals surface area contributed by atoms with Crippen LogP contribution in [0.2, 0.25) is 4.34 Å². The highest BCUT2D eigenvalue weighted by atomic mass is 79.9. The molecule has 100 valence electrons. The lowest BCUT2D eigenvalue weighted by molar-refractivity contribution is 0.464. The van der Waals surface area contributed by atoms with Crippen LogP contribution in [0.15, 0.2) is 43.4 Å². The first-order valence-corrected chi connectivity index (χ1v) is 8.08. The summed E-state index contributed by atoms with van der Waals surface area (Å²) < 4.78 is 2.27. The molecule has 0 fully saturated rings. The highest BCUT2D eigenvalue weighted by Crippen LogP contribution is 2.32. The molecule has 2 aromatic rings. The first-order valence-electron chi connectivity index (χ1n) is 5.30. The Balaban J connectivity index is 1.99. The second-order valence-corrected chi connectivity index (χ2v) is 7.27. The molecule has 19 heavy (non-hydrogen) atoms. The number of thiophene rings is 1. The lowest BCUT2D eigenvalue weighted by Crippen LogP contribution is -1.84. The van der Waals surface area contributed by atoms with Gasteiger partial charge in [-0.25, -0.2) is 0 Å². The van der Waals surface area contributed by atoms with E-state index in [0.29, 0.717) is 23.1 Å². The lowest BCUT2D eigenvalue weighted by Gasteiger charge is -2.04. The molecular formula is C12H9Br2ClN2OS. The molecule has 0 spiro atoms. The van der Waals surface area contributed by atoms with Gasteiger partial charge in [-0.15, -0.1) is 11.3 Å². The molecule has 0 amide bonds. The summed E-state index contributed by atoms with van der Waals surface area (Å²) in [5, 5.41) is 18.0. The lowest BCUT2D eigenvalue weighted by atomic mass is 10.2. The van der Waals surface area contributed by atoms with Gasteiger partial charge < -0.3 is 5.11 Å². The summed E-state index contributed by atoms with van der Waals surface area (Å²) in [6.07, 6.45) is 0. The molecule has 1 aromatic carbocycles. The van der Waals surface area contributed by atoms with Crippen molar-refractivity contribution in [1.29, 1.82) is 0 Å². The molecule has 1 heterocycles. The van der Waals surface area contributed by atoms with Crippen molar-refractivity contribution in [1.82, 2.24) is 0 Å². The maximum atomic E-state index is 9.86. The third-order valence-corrected chi connectivity index (χ3v) is 4.58. The SMILES string of the molecule is Oc1c(Br)cc(Br)cc1CN=NCc1ccc(Cl)s1. The monoisotopic (exact) mass is 422 g/mol. The van der Waals surface area contributed by atoms with Gasteiger partial charge in [-0.3, -0.25) is 0 Å². The molecule has 0 atom stereocenters. The van der Waals surface area contributed by atoms with Crippen LogP contribution in [0.5, 0.6) is 5.75 Å². The third-order valence-electron chi connectivity index (χ3n) is 2.30. The highest BCUT2D eigenvalue weighted by Gasteiger charge is 2.06. The van der Waals surface area contributed by atoms with Crippen molar-refractivity contribution in [3.05, 3.63) is 48.0 Å². The predicted octanol–water partition coefficient (Wildman–Crippen LogP) is 5.78. The van der Waals surface area contributed by atoms with E-state index in [1.165, 1.54) is 11.3 Å². The fraction of sp³-hybridized carbons (Fsp3) is 0.167. The number of rotatable bonds is 4. The number of aromatic hydroxyl groups is 1. The van der Waals surface area contributed by atoms with Gasteiger partial charge in [-0.1, -0.05) is 27.5 Å². The topological polar surface area (TPSA) is 45.0 Å². The molecule has 0 radical (unpaired) electrons. The van der Waals surface area contributed by atoms with Gasteiger partial charge in [0, 0.05) is 14.9 Å². The number of azo groups is 1. The van der Waals surface area contributed by atoms with Crippen molar-refractivity contribution in [2.75, 3.05) is 0 Å². The van der Waals surface area contributed by atoms with E-state index in [0.717, 1.165) is 13.7 Å². The molecular weight excluding hydrogens is 415 g/mol. The van der Waals surface area contributed by atoms with E-state index >= 15 is 0 Å². The maximum Gasteiger partial charge on any atom is 0.134 e. The Morgan fingerprint density at radius 3 is 2.58 bits per heavy atom. The van der Waals surface area contributed by atoms with E-state index in [1.807, 2.05) is 18.2 Å². The predicted molar refractivity (Wildman–Crippen MR) is 85.1 cm³/mol. The molecule has 0 unspecified atom stereocenters. The van der Waals surface area contributed by atoms with Crippen LogP contribution >= 0.6 is 54.8 Å². The normalized spacial score (nSPS) is 11.3. The molecule has 0 saturated heterocycles. The van der Waals surface area contributed by atoms with Gasteiger partial charge in [0.05, 0.1) is 21.9 Å². The van der Waals surface area contributed by atoms with Gasteiger partial charge >= 0.3 is 0 Å². The minimum atomic E-state index is 0.196. The summed E-state index contributed by atoms with van der Waals surface area (Å²) in [5.41, 5.74) is 0.717. The zero-order valence-corrected chi connectivity index (χ0v) is 14.4. The van der Waals surface area contributed by atoms with Crippen LogP contribution < -0.4 is 0 Å². The molecule has 1 aromatic heterocycles. The number of nitrogens with zero attached hydrogens (tertiary/aromatic N) is 2. The van der Waals surface area contributed by atoms with Crippen LogP contribution in [0.3, 0.4) is 0 Å². The van der Waals surface area contributed by atoms with Crippen molar-refractivity contribution < 1.29 is 5.11 Å². The molecule has 7 heteroatoms. The Bertz CT molecular complexity index is 616. The number of halogens is 3. The molecule has 0 aliphatic rings. The van der Waals surface area contributed by atoms with Gasteiger partial charge in [0.1, 0.15) is 5.75 Å². The van der Waals surface area contributed by atoms with E-state index in [2.05, 4.69) is 42.1 Å². The molecule has 0 aliphatic carbocycles. The zero-order chi connectivity index (χ0) is 13.8. The van der Waals surface area contributed by atoms with Gasteiger partial charge in [-0.2, -0.15) is 10.2 Å². The van der Waals surface area contributed by atoms with E-state index in [-0.39, 0.29) is 5.75 Å². The second kappa shape index (κ2) is 6.83. The summed E-state index contributed by atoms with van der Waals surface area (Å²) in [4.78, 5) is 1.06. The van der Waals surface area contributed by atoms with Crippen LogP contribution in [-0.2, 0) is 13.1 Å². The molecule has 2 rings (SSSR count).